The topological polar surface area (TPSA) is 94.9 Å². The predicted molar refractivity (Wildman–Crippen MR) is 106 cm³/mol. The summed E-state index contributed by atoms with van der Waals surface area (Å²) in [5.41, 5.74) is 1.05. The van der Waals surface area contributed by atoms with Gasteiger partial charge in [-0.15, -0.1) is 0 Å². The number of methoxy groups -OCH3 is 1. The van der Waals surface area contributed by atoms with Gasteiger partial charge in [0.1, 0.15) is 11.5 Å². The Bertz CT molecular complexity index is 877. The predicted octanol–water partition coefficient (Wildman–Crippen LogP) is 3.71. The van der Waals surface area contributed by atoms with Crippen LogP contribution in [0.15, 0.2) is 48.5 Å². The van der Waals surface area contributed by atoms with E-state index in [0.717, 1.165) is 0 Å². The smallest absolute Gasteiger partial charge is 0.419 e. The number of nitrogens with zero attached hydrogens (tertiary/aromatic N) is 3. The summed E-state index contributed by atoms with van der Waals surface area (Å²) in [6.45, 7) is 0.166. The second kappa shape index (κ2) is 9.83. The Labute approximate surface area is 163 Å². The molecule has 146 valence electrons. The Balaban J connectivity index is 2.19. The minimum absolute atomic E-state index is 0.144. The quantitative estimate of drug-likeness (QED) is 0.822. The summed E-state index contributed by atoms with van der Waals surface area (Å²) in [5, 5.41) is 11.6. The van der Waals surface area contributed by atoms with Gasteiger partial charge in [0, 0.05) is 38.5 Å². The summed E-state index contributed by atoms with van der Waals surface area (Å²) in [6, 6.07) is 15.2. The van der Waals surface area contributed by atoms with Gasteiger partial charge in [-0.1, -0.05) is 12.1 Å². The molecule has 8 nitrogen and oxygen atoms in total. The van der Waals surface area contributed by atoms with E-state index in [1.54, 1.807) is 62.6 Å². The van der Waals surface area contributed by atoms with Crippen molar-refractivity contribution >= 4 is 23.5 Å². The fourth-order valence-electron chi connectivity index (χ4n) is 2.29. The zero-order chi connectivity index (χ0) is 20.5. The highest BCUT2D eigenvalue weighted by Crippen LogP contribution is 2.24. The lowest BCUT2D eigenvalue weighted by atomic mass is 10.2. The summed E-state index contributed by atoms with van der Waals surface area (Å²) < 4.78 is 10.6. The first kappa shape index (κ1) is 20.6. The van der Waals surface area contributed by atoms with E-state index in [1.807, 2.05) is 6.07 Å². The SMILES string of the molecule is COc1cccc(N(CCC#N)C(=O)Oc2cccc(NC(=O)N(C)C)c2)c1. The molecule has 3 amide bonds. The van der Waals surface area contributed by atoms with Gasteiger partial charge < -0.3 is 19.7 Å². The number of hydrogen-bond acceptors (Lipinski definition) is 5. The minimum Gasteiger partial charge on any atom is -0.497 e. The van der Waals surface area contributed by atoms with Crippen molar-refractivity contribution in [3.05, 3.63) is 48.5 Å². The molecule has 0 aliphatic heterocycles. The van der Waals surface area contributed by atoms with Crippen LogP contribution in [-0.2, 0) is 0 Å². The molecular weight excluding hydrogens is 360 g/mol. The number of ether oxygens (including phenoxy) is 2. The normalized spacial score (nSPS) is 9.79. The van der Waals surface area contributed by atoms with Gasteiger partial charge in [0.2, 0.25) is 0 Å². The lowest BCUT2D eigenvalue weighted by Crippen LogP contribution is -2.34. The Morgan fingerprint density at radius 3 is 2.50 bits per heavy atom. The first-order valence-electron chi connectivity index (χ1n) is 8.53. The summed E-state index contributed by atoms with van der Waals surface area (Å²) >= 11 is 0. The first-order valence-corrected chi connectivity index (χ1v) is 8.53. The van der Waals surface area contributed by atoms with Crippen LogP contribution in [0, 0.1) is 11.3 Å². The van der Waals surface area contributed by atoms with Crippen LogP contribution in [0.5, 0.6) is 11.5 Å². The van der Waals surface area contributed by atoms with Crippen molar-refractivity contribution in [1.29, 1.82) is 5.26 Å². The van der Waals surface area contributed by atoms with E-state index in [1.165, 1.54) is 16.9 Å². The van der Waals surface area contributed by atoms with E-state index >= 15 is 0 Å². The lowest BCUT2D eigenvalue weighted by molar-refractivity contribution is 0.207. The van der Waals surface area contributed by atoms with Crippen LogP contribution in [0.1, 0.15) is 6.42 Å². The number of nitriles is 1. The summed E-state index contributed by atoms with van der Waals surface area (Å²) in [6.07, 6.45) is -0.495. The average Bonchev–Trinajstić information content (AvgIpc) is 2.68. The molecule has 0 bridgehead atoms. The van der Waals surface area contributed by atoms with Crippen LogP contribution >= 0.6 is 0 Å². The van der Waals surface area contributed by atoms with Crippen LogP contribution in [0.25, 0.3) is 0 Å². The molecule has 0 aliphatic carbocycles. The number of rotatable bonds is 6. The molecule has 1 N–H and O–H groups in total. The molecule has 0 fully saturated rings. The molecule has 0 saturated carbocycles. The average molecular weight is 382 g/mol. The van der Waals surface area contributed by atoms with Crippen molar-refractivity contribution in [3.63, 3.8) is 0 Å². The molecule has 2 aromatic carbocycles. The number of benzene rings is 2. The highest BCUT2D eigenvalue weighted by Gasteiger charge is 2.19. The van der Waals surface area contributed by atoms with Gasteiger partial charge in [0.25, 0.3) is 0 Å². The molecule has 8 heteroatoms. The third-order valence-electron chi connectivity index (χ3n) is 3.73. The molecular formula is C20H22N4O4. The highest BCUT2D eigenvalue weighted by atomic mass is 16.6. The fraction of sp³-hybridized carbons (Fsp3) is 0.250. The summed E-state index contributed by atoms with van der Waals surface area (Å²) in [7, 11) is 4.78. The number of urea groups is 1. The summed E-state index contributed by atoms with van der Waals surface area (Å²) in [4.78, 5) is 27.2. The first-order chi connectivity index (χ1) is 13.4. The largest absolute Gasteiger partial charge is 0.497 e. The van der Waals surface area contributed by atoms with Crippen molar-refractivity contribution in [3.8, 4) is 17.6 Å². The van der Waals surface area contributed by atoms with Crippen LogP contribution in [0.3, 0.4) is 0 Å². The van der Waals surface area contributed by atoms with Gasteiger partial charge >= 0.3 is 12.1 Å². The number of nitrogens with one attached hydrogen (secondary N) is 1. The maximum atomic E-state index is 12.7. The molecule has 2 rings (SSSR count). The zero-order valence-corrected chi connectivity index (χ0v) is 16.0. The van der Waals surface area contributed by atoms with Crippen molar-refractivity contribution in [2.45, 2.75) is 6.42 Å². The van der Waals surface area contributed by atoms with Crippen molar-refractivity contribution in [2.75, 3.05) is 38.0 Å². The Kier molecular flexibility index (Phi) is 7.22. The molecule has 0 aromatic heterocycles. The molecule has 0 atom stereocenters. The number of carbonyl (C=O) groups is 2. The lowest BCUT2D eigenvalue weighted by Gasteiger charge is -2.21. The molecule has 28 heavy (non-hydrogen) atoms. The molecule has 0 heterocycles. The number of carbonyl (C=O) groups excluding carboxylic acids is 2. The molecule has 0 spiro atoms. The van der Waals surface area contributed by atoms with Gasteiger partial charge in [0.15, 0.2) is 0 Å². The standard InChI is InChI=1S/C20H22N4O4/c1-23(2)19(25)22-15-7-4-10-18(13-15)28-20(26)24(12-6-11-21)16-8-5-9-17(14-16)27-3/h4-5,7-10,13-14H,6,12H2,1-3H3,(H,22,25). The van der Waals surface area contributed by atoms with E-state index in [2.05, 4.69) is 5.32 Å². The fourth-order valence-corrected chi connectivity index (χ4v) is 2.29. The molecule has 0 aliphatic rings. The Morgan fingerprint density at radius 1 is 1.11 bits per heavy atom. The third kappa shape index (κ3) is 5.64. The van der Waals surface area contributed by atoms with Crippen LogP contribution in [-0.4, -0.2) is 44.8 Å². The molecule has 0 unspecified atom stereocenters. The zero-order valence-electron chi connectivity index (χ0n) is 16.0. The molecule has 2 aromatic rings. The van der Waals surface area contributed by atoms with E-state index < -0.39 is 6.09 Å². The monoisotopic (exact) mass is 382 g/mol. The van der Waals surface area contributed by atoms with E-state index in [9.17, 15) is 9.59 Å². The van der Waals surface area contributed by atoms with Gasteiger partial charge in [0.05, 0.1) is 25.3 Å². The maximum Gasteiger partial charge on any atom is 0.419 e. The van der Waals surface area contributed by atoms with Crippen LogP contribution < -0.4 is 19.7 Å². The second-order valence-corrected chi connectivity index (χ2v) is 5.98. The molecule has 0 radical (unpaired) electrons. The van der Waals surface area contributed by atoms with E-state index in [4.69, 9.17) is 14.7 Å². The van der Waals surface area contributed by atoms with Gasteiger partial charge in [-0.05, 0) is 24.3 Å². The van der Waals surface area contributed by atoms with Gasteiger partial charge in [-0.25, -0.2) is 9.59 Å². The second-order valence-electron chi connectivity index (χ2n) is 5.98. The van der Waals surface area contributed by atoms with Gasteiger partial charge in [-0.2, -0.15) is 5.26 Å². The number of amides is 3. The highest BCUT2D eigenvalue weighted by molar-refractivity contribution is 5.91. The Hall–Kier alpha value is -3.73. The van der Waals surface area contributed by atoms with Crippen LogP contribution in [0.4, 0.5) is 21.0 Å². The van der Waals surface area contributed by atoms with Crippen molar-refractivity contribution < 1.29 is 19.1 Å². The van der Waals surface area contributed by atoms with Crippen LogP contribution in [0.2, 0.25) is 0 Å². The molecule has 0 saturated heterocycles. The van der Waals surface area contributed by atoms with Crippen molar-refractivity contribution in [2.24, 2.45) is 0 Å². The number of hydrogen-bond donors (Lipinski definition) is 1. The maximum absolute atomic E-state index is 12.7. The van der Waals surface area contributed by atoms with Crippen molar-refractivity contribution in [1.82, 2.24) is 4.90 Å². The summed E-state index contributed by atoms with van der Waals surface area (Å²) in [5.74, 6) is 0.854. The minimum atomic E-state index is -0.639. The Morgan fingerprint density at radius 2 is 1.82 bits per heavy atom. The van der Waals surface area contributed by atoms with Gasteiger partial charge in [-0.3, -0.25) is 4.90 Å². The number of anilines is 2. The van der Waals surface area contributed by atoms with E-state index in [-0.39, 0.29) is 24.7 Å². The third-order valence-corrected chi connectivity index (χ3v) is 3.73. The van der Waals surface area contributed by atoms with E-state index in [0.29, 0.717) is 17.1 Å².